The molecule has 14 heavy (non-hydrogen) atoms. The van der Waals surface area contributed by atoms with E-state index in [0.29, 0.717) is 5.15 Å². The molecular weight excluding hydrogens is 238 g/mol. The molecule has 2 heterocycles. The van der Waals surface area contributed by atoms with Crippen molar-refractivity contribution in [1.82, 2.24) is 9.97 Å². The second-order valence-corrected chi connectivity index (χ2v) is 4.97. The van der Waals surface area contributed by atoms with Gasteiger partial charge in [0.05, 0.1) is 12.1 Å². The van der Waals surface area contributed by atoms with Crippen LogP contribution in [0, 0.1) is 0 Å². The second-order valence-electron chi connectivity index (χ2n) is 2.78. The van der Waals surface area contributed by atoms with Gasteiger partial charge in [0.25, 0.3) is 0 Å². The van der Waals surface area contributed by atoms with Crippen LogP contribution in [0.15, 0.2) is 17.1 Å². The lowest BCUT2D eigenvalue weighted by atomic mass is 10.5. The third-order valence-corrected chi connectivity index (χ3v) is 3.71. The maximum absolute atomic E-state index is 5.75. The first-order valence-electron chi connectivity index (χ1n) is 3.95. The number of nitrogens with zero attached hydrogens (tertiary/aromatic N) is 3. The van der Waals surface area contributed by atoms with Gasteiger partial charge in [0, 0.05) is 23.5 Å². The van der Waals surface area contributed by atoms with Gasteiger partial charge in [0.15, 0.2) is 5.13 Å². The molecule has 74 valence electrons. The van der Waals surface area contributed by atoms with Crippen LogP contribution in [0.4, 0.5) is 5.13 Å². The molecule has 0 fully saturated rings. The van der Waals surface area contributed by atoms with Crippen LogP contribution in [0.2, 0.25) is 5.15 Å². The van der Waals surface area contributed by atoms with Crippen LogP contribution in [0.1, 0.15) is 4.88 Å². The van der Waals surface area contributed by atoms with Crippen molar-refractivity contribution in [1.29, 1.82) is 0 Å². The number of hydrogen-bond donors (Lipinski definition) is 0. The van der Waals surface area contributed by atoms with Crippen LogP contribution in [-0.4, -0.2) is 17.0 Å². The molecule has 0 atom stereocenters. The van der Waals surface area contributed by atoms with Gasteiger partial charge in [0.1, 0.15) is 5.15 Å². The summed E-state index contributed by atoms with van der Waals surface area (Å²) in [5.41, 5.74) is 1.83. The van der Waals surface area contributed by atoms with E-state index in [1.165, 1.54) is 4.88 Å². The predicted molar refractivity (Wildman–Crippen MR) is 61.3 cm³/mol. The number of halogens is 1. The Morgan fingerprint density at radius 1 is 1.50 bits per heavy atom. The van der Waals surface area contributed by atoms with Gasteiger partial charge in [-0.2, -0.15) is 0 Å². The molecule has 0 spiro atoms. The molecule has 6 heteroatoms. The van der Waals surface area contributed by atoms with E-state index in [4.69, 9.17) is 11.6 Å². The highest BCUT2D eigenvalue weighted by atomic mass is 35.5. The molecule has 0 radical (unpaired) electrons. The molecule has 3 nitrogen and oxygen atoms in total. The van der Waals surface area contributed by atoms with Crippen molar-refractivity contribution in [3.8, 4) is 0 Å². The molecule has 2 aromatic heterocycles. The Morgan fingerprint density at radius 3 is 2.93 bits per heavy atom. The van der Waals surface area contributed by atoms with E-state index in [1.807, 2.05) is 24.1 Å². The fourth-order valence-electron chi connectivity index (χ4n) is 1.04. The summed E-state index contributed by atoms with van der Waals surface area (Å²) >= 11 is 8.94. The van der Waals surface area contributed by atoms with Crippen molar-refractivity contribution in [3.63, 3.8) is 0 Å². The molecule has 0 aliphatic rings. The van der Waals surface area contributed by atoms with Crippen LogP contribution in [0.5, 0.6) is 0 Å². The summed E-state index contributed by atoms with van der Waals surface area (Å²) in [6, 6.07) is 0. The molecule has 2 rings (SSSR count). The Labute approximate surface area is 95.0 Å². The van der Waals surface area contributed by atoms with E-state index in [-0.39, 0.29) is 0 Å². The summed E-state index contributed by atoms with van der Waals surface area (Å²) in [5.74, 6) is 0. The standard InChI is InChI=1S/C8H8ClN3S2/c1-12(3-6-2-10-5-14-6)8-11-7(9)4-13-8/h2,4-5H,3H2,1H3. The van der Waals surface area contributed by atoms with Crippen molar-refractivity contribution in [2.75, 3.05) is 11.9 Å². The van der Waals surface area contributed by atoms with Gasteiger partial charge < -0.3 is 4.90 Å². The summed E-state index contributed by atoms with van der Waals surface area (Å²) in [7, 11) is 1.99. The molecule has 0 amide bonds. The average Bonchev–Trinajstić information content (AvgIpc) is 2.75. The highest BCUT2D eigenvalue weighted by Crippen LogP contribution is 2.23. The maximum atomic E-state index is 5.75. The molecule has 0 aliphatic heterocycles. The van der Waals surface area contributed by atoms with Gasteiger partial charge in [-0.05, 0) is 0 Å². The number of aromatic nitrogens is 2. The van der Waals surface area contributed by atoms with Crippen LogP contribution >= 0.6 is 34.3 Å². The van der Waals surface area contributed by atoms with Crippen LogP contribution in [-0.2, 0) is 6.54 Å². The Balaban J connectivity index is 2.06. The summed E-state index contributed by atoms with van der Waals surface area (Å²) in [5, 5.41) is 3.32. The molecular formula is C8H8ClN3S2. The van der Waals surface area contributed by atoms with Crippen molar-refractivity contribution >= 4 is 39.4 Å². The lowest BCUT2D eigenvalue weighted by Crippen LogP contribution is -2.15. The highest BCUT2D eigenvalue weighted by Gasteiger charge is 2.07. The molecule has 0 saturated heterocycles. The first kappa shape index (κ1) is 9.89. The minimum atomic E-state index is 0.557. The summed E-state index contributed by atoms with van der Waals surface area (Å²) in [6.07, 6.45) is 1.87. The Morgan fingerprint density at radius 2 is 2.36 bits per heavy atom. The van der Waals surface area contributed by atoms with Gasteiger partial charge in [-0.15, -0.1) is 22.7 Å². The minimum absolute atomic E-state index is 0.557. The fourth-order valence-corrected chi connectivity index (χ4v) is 2.60. The quantitative estimate of drug-likeness (QED) is 0.833. The summed E-state index contributed by atoms with van der Waals surface area (Å²) in [6.45, 7) is 0.828. The Bertz CT molecular complexity index is 398. The molecule has 0 aliphatic carbocycles. The van der Waals surface area contributed by atoms with Crippen LogP contribution in [0.25, 0.3) is 0 Å². The minimum Gasteiger partial charge on any atom is -0.346 e. The Hall–Kier alpha value is -0.650. The van der Waals surface area contributed by atoms with E-state index < -0.39 is 0 Å². The van der Waals surface area contributed by atoms with E-state index >= 15 is 0 Å². The molecule has 0 saturated carbocycles. The summed E-state index contributed by atoms with van der Waals surface area (Å²) < 4.78 is 0. The first-order valence-corrected chi connectivity index (χ1v) is 6.09. The predicted octanol–water partition coefficient (Wildman–Crippen LogP) is 2.89. The van der Waals surface area contributed by atoms with Gasteiger partial charge in [-0.25, -0.2) is 4.98 Å². The molecule has 2 aromatic rings. The van der Waals surface area contributed by atoms with Gasteiger partial charge >= 0.3 is 0 Å². The van der Waals surface area contributed by atoms with E-state index in [0.717, 1.165) is 11.7 Å². The van der Waals surface area contributed by atoms with Crippen molar-refractivity contribution < 1.29 is 0 Å². The zero-order chi connectivity index (χ0) is 9.97. The molecule has 0 unspecified atom stereocenters. The zero-order valence-corrected chi connectivity index (χ0v) is 9.86. The molecule has 0 aromatic carbocycles. The Kier molecular flexibility index (Phi) is 3.00. The topological polar surface area (TPSA) is 29.0 Å². The second kappa shape index (κ2) is 4.25. The lowest BCUT2D eigenvalue weighted by molar-refractivity contribution is 0.928. The smallest absolute Gasteiger partial charge is 0.186 e. The third-order valence-electron chi connectivity index (χ3n) is 1.67. The van der Waals surface area contributed by atoms with E-state index in [1.54, 1.807) is 22.7 Å². The monoisotopic (exact) mass is 245 g/mol. The fraction of sp³-hybridized carbons (Fsp3) is 0.250. The molecule has 0 N–H and O–H groups in total. The van der Waals surface area contributed by atoms with E-state index in [2.05, 4.69) is 14.9 Å². The number of anilines is 1. The van der Waals surface area contributed by atoms with Crippen molar-refractivity contribution in [2.45, 2.75) is 6.54 Å². The maximum Gasteiger partial charge on any atom is 0.186 e. The van der Waals surface area contributed by atoms with Gasteiger partial charge in [-0.3, -0.25) is 4.98 Å². The zero-order valence-electron chi connectivity index (χ0n) is 7.48. The third kappa shape index (κ3) is 2.23. The van der Waals surface area contributed by atoms with Crippen LogP contribution in [0.3, 0.4) is 0 Å². The van der Waals surface area contributed by atoms with Crippen LogP contribution < -0.4 is 4.90 Å². The van der Waals surface area contributed by atoms with Gasteiger partial charge in [0.2, 0.25) is 0 Å². The lowest BCUT2D eigenvalue weighted by Gasteiger charge is -2.13. The number of hydrogen-bond acceptors (Lipinski definition) is 5. The van der Waals surface area contributed by atoms with E-state index in [9.17, 15) is 0 Å². The first-order chi connectivity index (χ1) is 6.75. The highest BCUT2D eigenvalue weighted by molar-refractivity contribution is 7.14. The number of thiazole rings is 2. The van der Waals surface area contributed by atoms with Crippen molar-refractivity contribution in [3.05, 3.63) is 27.1 Å². The van der Waals surface area contributed by atoms with Gasteiger partial charge in [-0.1, -0.05) is 11.6 Å². The number of rotatable bonds is 3. The average molecular weight is 246 g/mol. The van der Waals surface area contributed by atoms with Crippen molar-refractivity contribution in [2.24, 2.45) is 0 Å². The SMILES string of the molecule is CN(Cc1cncs1)c1nc(Cl)cs1. The molecule has 0 bridgehead atoms. The normalized spacial score (nSPS) is 10.4. The largest absolute Gasteiger partial charge is 0.346 e. The summed E-state index contributed by atoms with van der Waals surface area (Å²) in [4.78, 5) is 11.5.